The Kier molecular flexibility index (Phi) is 7.78. The Hall–Kier alpha value is -3.13. The second-order valence-electron chi connectivity index (χ2n) is 8.01. The fourth-order valence-corrected chi connectivity index (χ4v) is 3.60. The Morgan fingerprint density at radius 1 is 1.03 bits per heavy atom. The van der Waals surface area contributed by atoms with Gasteiger partial charge in [0.2, 0.25) is 0 Å². The molecule has 6 nitrogen and oxygen atoms in total. The van der Waals surface area contributed by atoms with Gasteiger partial charge in [0.25, 0.3) is 0 Å². The molecule has 3 aromatic rings. The van der Waals surface area contributed by atoms with Crippen LogP contribution in [0, 0.1) is 5.82 Å². The molecule has 0 fully saturated rings. The van der Waals surface area contributed by atoms with Crippen LogP contribution in [-0.4, -0.2) is 42.6 Å². The number of fused-ring (bicyclic) bond motifs is 1. The van der Waals surface area contributed by atoms with Gasteiger partial charge < -0.3 is 29.7 Å². The Bertz CT molecular complexity index is 1050. The molecule has 0 aliphatic carbocycles. The first-order chi connectivity index (χ1) is 16.1. The second-order valence-corrected chi connectivity index (χ2v) is 8.01. The maximum absolute atomic E-state index is 13.4. The van der Waals surface area contributed by atoms with E-state index < -0.39 is 17.7 Å². The molecular weight excluding hydrogens is 425 g/mol. The summed E-state index contributed by atoms with van der Waals surface area (Å²) in [7, 11) is 0. The fraction of sp³-hybridized carbons (Fsp3) is 0.308. The number of phenolic OH excluding ortho intramolecular Hbond substituents is 1. The van der Waals surface area contributed by atoms with Crippen LogP contribution in [0.1, 0.15) is 22.8 Å². The SMILES string of the molecule is Oc1ccc([C@@H](O)CNCCc2ccc3c(c2)O[C@H](COCc2ccccc2)CO3)cc1F. The number of aliphatic hydroxyl groups is 1. The van der Waals surface area contributed by atoms with Gasteiger partial charge in [-0.3, -0.25) is 0 Å². The Balaban J connectivity index is 1.22. The van der Waals surface area contributed by atoms with E-state index in [2.05, 4.69) is 5.32 Å². The molecule has 0 saturated heterocycles. The topological polar surface area (TPSA) is 80.2 Å². The minimum absolute atomic E-state index is 0.171. The van der Waals surface area contributed by atoms with Crippen molar-refractivity contribution in [3.63, 3.8) is 0 Å². The van der Waals surface area contributed by atoms with Crippen LogP contribution in [0.4, 0.5) is 4.39 Å². The highest BCUT2D eigenvalue weighted by molar-refractivity contribution is 5.44. The van der Waals surface area contributed by atoms with Gasteiger partial charge in [0.05, 0.1) is 19.3 Å². The molecule has 33 heavy (non-hydrogen) atoms. The molecule has 1 aliphatic heterocycles. The number of aliphatic hydroxyl groups excluding tert-OH is 1. The van der Waals surface area contributed by atoms with Gasteiger partial charge in [0, 0.05) is 6.54 Å². The highest BCUT2D eigenvalue weighted by Gasteiger charge is 2.21. The minimum Gasteiger partial charge on any atom is -0.505 e. The van der Waals surface area contributed by atoms with Gasteiger partial charge in [-0.05, 0) is 53.9 Å². The van der Waals surface area contributed by atoms with E-state index in [-0.39, 0.29) is 12.6 Å². The van der Waals surface area contributed by atoms with Crippen LogP contribution in [0.3, 0.4) is 0 Å². The molecule has 2 atom stereocenters. The number of hydrogen-bond donors (Lipinski definition) is 3. The summed E-state index contributed by atoms with van der Waals surface area (Å²) in [4.78, 5) is 0. The molecule has 4 rings (SSSR count). The van der Waals surface area contributed by atoms with E-state index in [0.29, 0.717) is 37.7 Å². The molecule has 0 unspecified atom stereocenters. The summed E-state index contributed by atoms with van der Waals surface area (Å²) < 4.78 is 31.1. The lowest BCUT2D eigenvalue weighted by Crippen LogP contribution is -2.33. The van der Waals surface area contributed by atoms with E-state index in [1.807, 2.05) is 48.5 Å². The van der Waals surface area contributed by atoms with Gasteiger partial charge in [-0.2, -0.15) is 0 Å². The summed E-state index contributed by atoms with van der Waals surface area (Å²) in [6, 6.07) is 19.7. The third-order valence-electron chi connectivity index (χ3n) is 5.43. The highest BCUT2D eigenvalue weighted by Crippen LogP contribution is 2.33. The second kappa shape index (κ2) is 11.1. The van der Waals surface area contributed by atoms with E-state index >= 15 is 0 Å². The summed E-state index contributed by atoms with van der Waals surface area (Å²) in [5.74, 6) is 0.247. The van der Waals surface area contributed by atoms with Crippen molar-refractivity contribution in [1.82, 2.24) is 5.32 Å². The molecule has 0 aromatic heterocycles. The molecule has 1 aliphatic rings. The maximum atomic E-state index is 13.4. The van der Waals surface area contributed by atoms with Gasteiger partial charge in [0.1, 0.15) is 6.61 Å². The van der Waals surface area contributed by atoms with Crippen LogP contribution in [0.2, 0.25) is 0 Å². The lowest BCUT2D eigenvalue weighted by atomic mass is 10.1. The molecule has 174 valence electrons. The number of nitrogens with one attached hydrogen (secondary N) is 1. The van der Waals surface area contributed by atoms with Crippen molar-refractivity contribution in [1.29, 1.82) is 0 Å². The summed E-state index contributed by atoms with van der Waals surface area (Å²) >= 11 is 0. The molecular formula is C26H28FNO5. The van der Waals surface area contributed by atoms with Crippen molar-refractivity contribution in [3.8, 4) is 17.2 Å². The van der Waals surface area contributed by atoms with Crippen LogP contribution in [-0.2, 0) is 17.8 Å². The predicted octanol–water partition coefficient (Wildman–Crippen LogP) is 3.75. The number of phenols is 1. The minimum atomic E-state index is -0.864. The number of aromatic hydroxyl groups is 1. The van der Waals surface area contributed by atoms with Crippen LogP contribution < -0.4 is 14.8 Å². The molecule has 0 bridgehead atoms. The maximum Gasteiger partial charge on any atom is 0.165 e. The van der Waals surface area contributed by atoms with Gasteiger partial charge in [-0.25, -0.2) is 4.39 Å². The largest absolute Gasteiger partial charge is 0.505 e. The number of ether oxygens (including phenoxy) is 3. The van der Waals surface area contributed by atoms with Crippen LogP contribution in [0.15, 0.2) is 66.7 Å². The zero-order chi connectivity index (χ0) is 23.0. The van der Waals surface area contributed by atoms with Crippen molar-refractivity contribution < 1.29 is 28.8 Å². The third-order valence-corrected chi connectivity index (χ3v) is 5.43. The molecule has 0 saturated carbocycles. The standard InChI is InChI=1S/C26H28FNO5/c27-22-13-20(7-8-23(22)29)24(30)14-28-11-10-18-6-9-25-26(12-18)33-21(17-32-25)16-31-15-19-4-2-1-3-5-19/h1-9,12-13,21,24,28-30H,10-11,14-17H2/t21-,24+/m1/s1. The molecule has 3 aromatic carbocycles. The van der Waals surface area contributed by atoms with Gasteiger partial charge >= 0.3 is 0 Å². The lowest BCUT2D eigenvalue weighted by Gasteiger charge is -2.27. The van der Waals surface area contributed by atoms with E-state index in [4.69, 9.17) is 14.2 Å². The monoisotopic (exact) mass is 453 g/mol. The lowest BCUT2D eigenvalue weighted by molar-refractivity contribution is 0.00266. The van der Waals surface area contributed by atoms with Gasteiger partial charge in [-0.1, -0.05) is 42.5 Å². The van der Waals surface area contributed by atoms with Crippen LogP contribution in [0.5, 0.6) is 17.2 Å². The molecule has 1 heterocycles. The molecule has 3 N–H and O–H groups in total. The smallest absolute Gasteiger partial charge is 0.165 e. The van der Waals surface area contributed by atoms with Crippen molar-refractivity contribution in [2.45, 2.75) is 25.2 Å². The Labute approximate surface area is 192 Å². The first-order valence-corrected chi connectivity index (χ1v) is 11.0. The molecule has 0 radical (unpaired) electrons. The number of benzene rings is 3. The molecule has 0 spiro atoms. The zero-order valence-electron chi connectivity index (χ0n) is 18.2. The zero-order valence-corrected chi connectivity index (χ0v) is 18.2. The van der Waals surface area contributed by atoms with Crippen molar-refractivity contribution in [3.05, 3.63) is 89.2 Å². The van der Waals surface area contributed by atoms with Crippen molar-refractivity contribution >= 4 is 0 Å². The van der Waals surface area contributed by atoms with Crippen molar-refractivity contribution in [2.24, 2.45) is 0 Å². The Morgan fingerprint density at radius 3 is 2.70 bits per heavy atom. The summed E-state index contributed by atoms with van der Waals surface area (Å²) in [5.41, 5.74) is 2.60. The highest BCUT2D eigenvalue weighted by atomic mass is 19.1. The first kappa shape index (κ1) is 23.0. The number of hydrogen-bond acceptors (Lipinski definition) is 6. The van der Waals surface area contributed by atoms with E-state index in [1.165, 1.54) is 12.1 Å². The van der Waals surface area contributed by atoms with E-state index in [1.54, 1.807) is 0 Å². The first-order valence-electron chi connectivity index (χ1n) is 11.0. The van der Waals surface area contributed by atoms with E-state index in [9.17, 15) is 14.6 Å². The normalized spacial score (nSPS) is 15.9. The average molecular weight is 454 g/mol. The summed E-state index contributed by atoms with van der Waals surface area (Å²) in [5, 5.41) is 22.6. The Morgan fingerprint density at radius 2 is 1.88 bits per heavy atom. The van der Waals surface area contributed by atoms with Crippen LogP contribution in [0.25, 0.3) is 0 Å². The molecule has 0 amide bonds. The predicted molar refractivity (Wildman–Crippen MR) is 122 cm³/mol. The third kappa shape index (κ3) is 6.44. The summed E-state index contributed by atoms with van der Waals surface area (Å²) in [6.07, 6.45) is -0.310. The molecule has 7 heteroatoms. The number of rotatable bonds is 10. The fourth-order valence-electron chi connectivity index (χ4n) is 3.60. The quantitative estimate of drug-likeness (QED) is 0.406. The van der Waals surface area contributed by atoms with Gasteiger partial charge in [-0.15, -0.1) is 0 Å². The summed E-state index contributed by atoms with van der Waals surface area (Å²) in [6.45, 7) is 2.31. The van der Waals surface area contributed by atoms with Crippen molar-refractivity contribution in [2.75, 3.05) is 26.3 Å². The average Bonchev–Trinajstić information content (AvgIpc) is 2.84. The van der Waals surface area contributed by atoms with E-state index in [0.717, 1.165) is 29.4 Å². The van der Waals surface area contributed by atoms with Crippen LogP contribution >= 0.6 is 0 Å². The van der Waals surface area contributed by atoms with Gasteiger partial charge in [0.15, 0.2) is 29.2 Å². The number of halogens is 1.